The van der Waals surface area contributed by atoms with Gasteiger partial charge in [0.25, 0.3) is 0 Å². The summed E-state index contributed by atoms with van der Waals surface area (Å²) in [5.74, 6) is -3.75. The lowest BCUT2D eigenvalue weighted by molar-refractivity contribution is -0.115. The number of hydrogen-bond acceptors (Lipinski definition) is 4. The Morgan fingerprint density at radius 3 is 2.30 bits per heavy atom. The number of hydrogen-bond donors (Lipinski definition) is 2. The number of carbonyl (C=O) groups is 1. The Bertz CT molecular complexity index is 859. The molecule has 0 spiro atoms. The molecule has 0 aliphatic rings. The molecule has 0 atom stereocenters. The first-order chi connectivity index (χ1) is 12.3. The van der Waals surface area contributed by atoms with Crippen molar-refractivity contribution in [1.82, 2.24) is 5.32 Å². The van der Waals surface area contributed by atoms with Crippen LogP contribution < -0.4 is 10.6 Å². The van der Waals surface area contributed by atoms with Crippen LogP contribution in [-0.2, 0) is 27.6 Å². The topological polar surface area (TPSA) is 75.3 Å². The van der Waals surface area contributed by atoms with Gasteiger partial charge in [-0.2, -0.15) is 8.78 Å². The normalized spacial score (nSPS) is 11.1. The summed E-state index contributed by atoms with van der Waals surface area (Å²) in [6.07, 6.45) is 0.00451. The maximum Gasteiger partial charge on any atom is 0.341 e. The van der Waals surface area contributed by atoms with Gasteiger partial charge in [0.1, 0.15) is 0 Å². The van der Waals surface area contributed by atoms with Crippen LogP contribution in [0.3, 0.4) is 0 Å². The van der Waals surface area contributed by atoms with E-state index >= 15 is 0 Å². The molecule has 5 nitrogen and oxygen atoms in total. The highest BCUT2D eigenvalue weighted by atomic mass is 35.5. The van der Waals surface area contributed by atoms with E-state index in [4.69, 9.17) is 0 Å². The zero-order valence-electron chi connectivity index (χ0n) is 14.6. The van der Waals surface area contributed by atoms with Crippen LogP contribution in [0.4, 0.5) is 14.5 Å². The Balaban J connectivity index is 0.00000364. The number of halogens is 3. The maximum atomic E-state index is 12.5. The lowest BCUT2D eigenvalue weighted by atomic mass is 10.1. The van der Waals surface area contributed by atoms with Crippen LogP contribution in [0, 0.1) is 0 Å². The quantitative estimate of drug-likeness (QED) is 0.689. The van der Waals surface area contributed by atoms with E-state index in [1.807, 2.05) is 25.1 Å². The van der Waals surface area contributed by atoms with Gasteiger partial charge < -0.3 is 10.6 Å². The average Bonchev–Trinajstić information content (AvgIpc) is 2.61. The van der Waals surface area contributed by atoms with Gasteiger partial charge in [0.2, 0.25) is 15.7 Å². The van der Waals surface area contributed by atoms with E-state index in [1.165, 1.54) is 12.1 Å². The monoisotopic (exact) mass is 418 g/mol. The third kappa shape index (κ3) is 6.27. The van der Waals surface area contributed by atoms with Crippen molar-refractivity contribution in [3.05, 3.63) is 59.7 Å². The molecule has 0 radical (unpaired) electrons. The molecule has 0 aliphatic carbocycles. The number of alkyl halides is 2. The highest BCUT2D eigenvalue weighted by molar-refractivity contribution is 7.91. The zero-order chi connectivity index (χ0) is 19.2. The summed E-state index contributed by atoms with van der Waals surface area (Å²) >= 11 is 0. The van der Waals surface area contributed by atoms with Crippen molar-refractivity contribution in [2.45, 2.75) is 30.5 Å². The molecule has 0 fully saturated rings. The molecule has 0 unspecified atom stereocenters. The summed E-state index contributed by atoms with van der Waals surface area (Å²) in [5.41, 5.74) is 2.16. The fraction of sp³-hybridized carbons (Fsp3) is 0.278. The average molecular weight is 419 g/mol. The Morgan fingerprint density at radius 1 is 1.07 bits per heavy atom. The molecule has 2 aromatic rings. The van der Waals surface area contributed by atoms with Crippen LogP contribution in [0.1, 0.15) is 18.1 Å². The van der Waals surface area contributed by atoms with Crippen molar-refractivity contribution in [3.8, 4) is 0 Å². The van der Waals surface area contributed by atoms with Crippen LogP contribution in [-0.4, -0.2) is 26.6 Å². The SMILES string of the molecule is CCNCc1ccccc1NC(=O)Cc1ccc(S(=O)(=O)C(F)F)cc1.Cl. The Labute approximate surface area is 163 Å². The number of amides is 1. The molecule has 2 rings (SSSR count). The minimum Gasteiger partial charge on any atom is -0.325 e. The molecule has 27 heavy (non-hydrogen) atoms. The van der Waals surface area contributed by atoms with Crippen molar-refractivity contribution in [1.29, 1.82) is 0 Å². The molecule has 2 aromatic carbocycles. The Morgan fingerprint density at radius 2 is 1.70 bits per heavy atom. The molecule has 148 valence electrons. The van der Waals surface area contributed by atoms with E-state index in [1.54, 1.807) is 6.07 Å². The fourth-order valence-electron chi connectivity index (χ4n) is 2.34. The first-order valence-electron chi connectivity index (χ1n) is 8.04. The second-order valence-corrected chi connectivity index (χ2v) is 7.53. The second-order valence-electron chi connectivity index (χ2n) is 5.61. The summed E-state index contributed by atoms with van der Waals surface area (Å²) < 4.78 is 47.8. The fourth-order valence-corrected chi connectivity index (χ4v) is 3.06. The molecule has 0 heterocycles. The molecule has 0 saturated heterocycles. The van der Waals surface area contributed by atoms with Crippen LogP contribution in [0.5, 0.6) is 0 Å². The minimum absolute atomic E-state index is 0. The minimum atomic E-state index is -4.63. The molecule has 0 saturated carbocycles. The predicted octanol–water partition coefficient (Wildman–Crippen LogP) is 3.40. The summed E-state index contributed by atoms with van der Waals surface area (Å²) in [7, 11) is -4.63. The third-order valence-corrected chi connectivity index (χ3v) is 5.11. The standard InChI is InChI=1S/C18H20F2N2O3S.ClH/c1-2-21-12-14-5-3-4-6-16(14)22-17(23)11-13-7-9-15(10-8-13)26(24,25)18(19)20;/h3-10,18,21H,2,11-12H2,1H3,(H,22,23);1H. The second kappa shape index (κ2) is 10.3. The molecule has 9 heteroatoms. The van der Waals surface area contributed by atoms with Crippen LogP contribution in [0.2, 0.25) is 0 Å². The van der Waals surface area contributed by atoms with Crippen molar-refractivity contribution in [3.63, 3.8) is 0 Å². The van der Waals surface area contributed by atoms with Gasteiger partial charge in [-0.3, -0.25) is 4.79 Å². The van der Waals surface area contributed by atoms with Gasteiger partial charge in [-0.15, -0.1) is 12.4 Å². The molecule has 0 bridgehead atoms. The van der Waals surface area contributed by atoms with E-state index in [0.29, 0.717) is 17.8 Å². The molecule has 2 N–H and O–H groups in total. The van der Waals surface area contributed by atoms with E-state index in [9.17, 15) is 22.0 Å². The summed E-state index contributed by atoms with van der Waals surface area (Å²) in [4.78, 5) is 11.8. The van der Waals surface area contributed by atoms with Gasteiger partial charge in [0.15, 0.2) is 0 Å². The van der Waals surface area contributed by atoms with Gasteiger partial charge in [-0.1, -0.05) is 37.3 Å². The number of benzene rings is 2. The first kappa shape index (κ1) is 23.0. The summed E-state index contributed by atoms with van der Waals surface area (Å²) in [6.45, 7) is 3.41. The lowest BCUT2D eigenvalue weighted by Gasteiger charge is -2.11. The number of carbonyl (C=O) groups excluding carboxylic acids is 1. The third-order valence-electron chi connectivity index (χ3n) is 3.71. The highest BCUT2D eigenvalue weighted by Gasteiger charge is 2.26. The highest BCUT2D eigenvalue weighted by Crippen LogP contribution is 2.19. The Hall–Kier alpha value is -2.03. The van der Waals surface area contributed by atoms with Gasteiger partial charge in [0.05, 0.1) is 11.3 Å². The van der Waals surface area contributed by atoms with Gasteiger partial charge in [-0.25, -0.2) is 8.42 Å². The zero-order valence-corrected chi connectivity index (χ0v) is 16.2. The number of para-hydroxylation sites is 1. The predicted molar refractivity (Wildman–Crippen MR) is 103 cm³/mol. The van der Waals surface area contributed by atoms with Crippen molar-refractivity contribution in [2.24, 2.45) is 0 Å². The van der Waals surface area contributed by atoms with Gasteiger partial charge in [-0.05, 0) is 35.9 Å². The maximum absolute atomic E-state index is 12.5. The molecule has 1 amide bonds. The van der Waals surface area contributed by atoms with E-state index in [0.717, 1.165) is 24.2 Å². The van der Waals surface area contributed by atoms with E-state index in [-0.39, 0.29) is 24.7 Å². The summed E-state index contributed by atoms with van der Waals surface area (Å²) in [6, 6.07) is 12.3. The van der Waals surface area contributed by atoms with Crippen LogP contribution in [0.15, 0.2) is 53.4 Å². The largest absolute Gasteiger partial charge is 0.341 e. The molecule has 0 aliphatic heterocycles. The van der Waals surface area contributed by atoms with Crippen LogP contribution in [0.25, 0.3) is 0 Å². The van der Waals surface area contributed by atoms with E-state index < -0.39 is 20.5 Å². The molecular formula is C18H21ClF2N2O3S. The smallest absolute Gasteiger partial charge is 0.325 e. The number of nitrogens with one attached hydrogen (secondary N) is 2. The van der Waals surface area contributed by atoms with Crippen molar-refractivity contribution >= 4 is 33.8 Å². The summed E-state index contributed by atoms with van der Waals surface area (Å²) in [5, 5.41) is 6.00. The molecule has 0 aromatic heterocycles. The molecular weight excluding hydrogens is 398 g/mol. The number of anilines is 1. The first-order valence-corrected chi connectivity index (χ1v) is 9.58. The lowest BCUT2D eigenvalue weighted by Crippen LogP contribution is -2.18. The number of sulfone groups is 1. The van der Waals surface area contributed by atoms with Crippen LogP contribution >= 0.6 is 12.4 Å². The van der Waals surface area contributed by atoms with E-state index in [2.05, 4.69) is 10.6 Å². The Kier molecular flexibility index (Phi) is 8.81. The number of rotatable bonds is 8. The van der Waals surface area contributed by atoms with Gasteiger partial charge >= 0.3 is 5.76 Å². The van der Waals surface area contributed by atoms with Crippen molar-refractivity contribution < 1.29 is 22.0 Å². The van der Waals surface area contributed by atoms with Gasteiger partial charge in [0, 0.05) is 12.2 Å². The van der Waals surface area contributed by atoms with Crippen molar-refractivity contribution in [2.75, 3.05) is 11.9 Å².